The molecule has 1 aliphatic carbocycles. The topological polar surface area (TPSA) is 112 Å². The fourth-order valence-corrected chi connectivity index (χ4v) is 3.74. The summed E-state index contributed by atoms with van der Waals surface area (Å²) < 4.78 is 36.9. The number of aromatic nitrogens is 2. The van der Waals surface area contributed by atoms with Crippen molar-refractivity contribution < 1.29 is 23.0 Å². The molecule has 4 unspecified atom stereocenters. The second-order valence-electron chi connectivity index (χ2n) is 6.97. The van der Waals surface area contributed by atoms with E-state index in [4.69, 9.17) is 16.9 Å². The number of nitrogens with zero attached hydrogens (tertiary/aromatic N) is 3. The number of anilines is 1. The second-order valence-corrected chi connectivity index (χ2v) is 6.97. The lowest BCUT2D eigenvalue weighted by atomic mass is 9.84. The molecule has 1 aromatic heterocycles. The van der Waals surface area contributed by atoms with Crippen molar-refractivity contribution in [2.45, 2.75) is 18.6 Å². The summed E-state index contributed by atoms with van der Waals surface area (Å²) in [5, 5.41) is 2.61. The molecule has 10 heteroatoms. The number of carbonyl (C=O) groups is 1. The molecule has 4 rings (SSSR count). The maximum atomic E-state index is 14.8. The van der Waals surface area contributed by atoms with E-state index in [1.54, 1.807) is 0 Å². The van der Waals surface area contributed by atoms with Gasteiger partial charge in [-0.25, -0.2) is 23.7 Å². The number of alkyl halides is 1. The van der Waals surface area contributed by atoms with Crippen LogP contribution in [0, 0.1) is 30.0 Å². The highest BCUT2D eigenvalue weighted by atomic mass is 19.1. The number of benzene rings is 1. The van der Waals surface area contributed by atoms with Gasteiger partial charge in [-0.3, -0.25) is 4.79 Å². The van der Waals surface area contributed by atoms with Gasteiger partial charge in [-0.2, -0.15) is 0 Å². The third-order valence-corrected chi connectivity index (χ3v) is 5.24. The van der Waals surface area contributed by atoms with Gasteiger partial charge in [0.2, 0.25) is 12.7 Å². The van der Waals surface area contributed by atoms with Crippen LogP contribution in [0.4, 0.5) is 14.5 Å². The zero-order chi connectivity index (χ0) is 21.5. The van der Waals surface area contributed by atoms with Crippen molar-refractivity contribution in [1.82, 2.24) is 9.97 Å². The molecule has 4 atom stereocenters. The Morgan fingerprint density at radius 3 is 2.90 bits per heavy atom. The number of halogens is 2. The van der Waals surface area contributed by atoms with Crippen molar-refractivity contribution in [3.8, 4) is 18.2 Å². The molecule has 1 saturated carbocycles. The number of aliphatic imine (C=N–C) groups is 1. The Balaban J connectivity index is 1.63. The Kier molecular flexibility index (Phi) is 4.73. The molecule has 154 valence electrons. The van der Waals surface area contributed by atoms with Gasteiger partial charge in [0.15, 0.2) is 5.54 Å². The van der Waals surface area contributed by atoms with Crippen molar-refractivity contribution in [2.24, 2.45) is 22.6 Å². The molecular formula is C20H17F2N5O3. The van der Waals surface area contributed by atoms with E-state index in [-0.39, 0.29) is 46.8 Å². The number of nitrogens with two attached hydrogens (primary N) is 1. The number of carbonyl (C=O) groups excluding carboxylic acids is 1. The van der Waals surface area contributed by atoms with Crippen LogP contribution in [0.3, 0.4) is 0 Å². The van der Waals surface area contributed by atoms with E-state index in [1.807, 2.05) is 6.92 Å². The monoisotopic (exact) mass is 413 g/mol. The first-order chi connectivity index (χ1) is 14.4. The lowest BCUT2D eigenvalue weighted by Crippen LogP contribution is -2.37. The molecule has 3 N–H and O–H groups in total. The molecule has 0 radical (unpaired) electrons. The van der Waals surface area contributed by atoms with E-state index in [1.165, 1.54) is 18.2 Å². The number of fused-ring (bicyclic) bond motifs is 1. The quantitative estimate of drug-likeness (QED) is 0.725. The second kappa shape index (κ2) is 7.26. The first-order valence-corrected chi connectivity index (χ1v) is 9.01. The van der Waals surface area contributed by atoms with Crippen LogP contribution in [-0.4, -0.2) is 34.9 Å². The molecule has 2 aromatic rings. The number of terminal acetylenes is 1. The standard InChI is InChI=1S/C20H17F2N5O3/c1-3-20(16-10(2)17(16)30-19(23)27-20)12-6-11(4-5-13(12)22)26-18(28)14-7-25-15(8-24-14)29-9-21/h1,4-8,10,16-17H,9H2,2H3,(H2,23,27)(H,26,28). The number of ether oxygens (including phenoxy) is 2. The minimum atomic E-state index is -1.33. The number of amidine groups is 1. The third kappa shape index (κ3) is 3.18. The molecular weight excluding hydrogens is 396 g/mol. The third-order valence-electron chi connectivity index (χ3n) is 5.24. The van der Waals surface area contributed by atoms with Crippen LogP contribution in [-0.2, 0) is 10.3 Å². The highest BCUT2D eigenvalue weighted by molar-refractivity contribution is 6.02. The molecule has 30 heavy (non-hydrogen) atoms. The fraction of sp³-hybridized carbons (Fsp3) is 0.300. The molecule has 0 bridgehead atoms. The van der Waals surface area contributed by atoms with Crippen LogP contribution in [0.2, 0.25) is 0 Å². The van der Waals surface area contributed by atoms with Gasteiger partial charge in [0, 0.05) is 23.1 Å². The summed E-state index contributed by atoms with van der Waals surface area (Å²) >= 11 is 0. The Hall–Kier alpha value is -3.74. The molecule has 2 aliphatic rings. The number of rotatable bonds is 5. The zero-order valence-electron chi connectivity index (χ0n) is 15.8. The van der Waals surface area contributed by atoms with Gasteiger partial charge in [0.25, 0.3) is 11.9 Å². The predicted octanol–water partition coefficient (Wildman–Crippen LogP) is 1.98. The number of hydrogen-bond acceptors (Lipinski definition) is 7. The van der Waals surface area contributed by atoms with Crippen molar-refractivity contribution >= 4 is 17.6 Å². The average molecular weight is 413 g/mol. The molecule has 0 spiro atoms. The van der Waals surface area contributed by atoms with E-state index < -0.39 is 24.1 Å². The summed E-state index contributed by atoms with van der Waals surface area (Å²) in [5.41, 5.74) is 4.80. The van der Waals surface area contributed by atoms with Gasteiger partial charge < -0.3 is 20.5 Å². The molecule has 1 aromatic carbocycles. The fourth-order valence-electron chi connectivity index (χ4n) is 3.74. The van der Waals surface area contributed by atoms with E-state index in [2.05, 4.69) is 30.9 Å². The van der Waals surface area contributed by atoms with Gasteiger partial charge in [-0.15, -0.1) is 6.42 Å². The normalized spacial score (nSPS) is 26.5. The Morgan fingerprint density at radius 1 is 1.43 bits per heavy atom. The highest BCUT2D eigenvalue weighted by Crippen LogP contribution is 2.57. The minimum absolute atomic E-state index is 0.0389. The Morgan fingerprint density at radius 2 is 2.23 bits per heavy atom. The lowest BCUT2D eigenvalue weighted by Gasteiger charge is -2.29. The van der Waals surface area contributed by atoms with E-state index in [0.717, 1.165) is 12.4 Å². The zero-order valence-corrected chi connectivity index (χ0v) is 15.8. The largest absolute Gasteiger partial charge is 0.461 e. The van der Waals surface area contributed by atoms with E-state index in [0.29, 0.717) is 0 Å². The highest BCUT2D eigenvalue weighted by Gasteiger charge is 2.64. The molecule has 1 amide bonds. The van der Waals surface area contributed by atoms with Crippen LogP contribution in [0.25, 0.3) is 0 Å². The van der Waals surface area contributed by atoms with Crippen LogP contribution in [0.1, 0.15) is 23.0 Å². The van der Waals surface area contributed by atoms with Crippen LogP contribution in [0.15, 0.2) is 35.6 Å². The van der Waals surface area contributed by atoms with Crippen LogP contribution < -0.4 is 15.8 Å². The van der Waals surface area contributed by atoms with Gasteiger partial charge in [-0.05, 0) is 18.2 Å². The molecule has 1 fully saturated rings. The first kappa shape index (κ1) is 19.6. The summed E-state index contributed by atoms with van der Waals surface area (Å²) in [7, 11) is 0. The van der Waals surface area contributed by atoms with Crippen molar-refractivity contribution in [3.63, 3.8) is 0 Å². The molecule has 8 nitrogen and oxygen atoms in total. The summed E-state index contributed by atoms with van der Waals surface area (Å²) in [4.78, 5) is 24.3. The van der Waals surface area contributed by atoms with Crippen molar-refractivity contribution in [2.75, 3.05) is 12.2 Å². The smallest absolute Gasteiger partial charge is 0.284 e. The van der Waals surface area contributed by atoms with Gasteiger partial charge in [0.1, 0.15) is 17.6 Å². The van der Waals surface area contributed by atoms with E-state index >= 15 is 0 Å². The SMILES string of the molecule is C#CC1(c2cc(NC(=O)c3cnc(OCF)cn3)ccc2F)N=C(N)OC2C(C)C21. The Bertz CT molecular complexity index is 1070. The van der Waals surface area contributed by atoms with Crippen LogP contribution >= 0.6 is 0 Å². The minimum Gasteiger partial charge on any atom is -0.461 e. The van der Waals surface area contributed by atoms with Gasteiger partial charge in [-0.1, -0.05) is 12.8 Å². The maximum Gasteiger partial charge on any atom is 0.284 e. The van der Waals surface area contributed by atoms with Crippen LogP contribution in [0.5, 0.6) is 5.88 Å². The summed E-state index contributed by atoms with van der Waals surface area (Å²) in [5.74, 6) is 1.17. The average Bonchev–Trinajstić information content (AvgIpc) is 3.39. The Labute approximate surface area is 170 Å². The summed E-state index contributed by atoms with van der Waals surface area (Å²) in [6, 6.07) is 3.90. The van der Waals surface area contributed by atoms with Crippen molar-refractivity contribution in [1.29, 1.82) is 0 Å². The maximum absolute atomic E-state index is 14.8. The first-order valence-electron chi connectivity index (χ1n) is 9.01. The molecule has 1 aliphatic heterocycles. The predicted molar refractivity (Wildman–Crippen MR) is 103 cm³/mol. The molecule has 2 heterocycles. The summed E-state index contributed by atoms with van der Waals surface area (Å²) in [6.07, 6.45) is 7.79. The lowest BCUT2D eigenvalue weighted by molar-refractivity contribution is 0.102. The van der Waals surface area contributed by atoms with Crippen molar-refractivity contribution in [3.05, 3.63) is 47.7 Å². The molecule has 0 saturated heterocycles. The summed E-state index contributed by atoms with van der Waals surface area (Å²) in [6.45, 7) is 0.863. The number of amides is 1. The number of hydrogen-bond donors (Lipinski definition) is 2. The van der Waals surface area contributed by atoms with Gasteiger partial charge in [0.05, 0.1) is 12.4 Å². The number of nitrogens with one attached hydrogen (secondary N) is 1. The van der Waals surface area contributed by atoms with E-state index in [9.17, 15) is 13.6 Å². The van der Waals surface area contributed by atoms with Gasteiger partial charge >= 0.3 is 0 Å².